The minimum absolute atomic E-state index is 0.280. The van der Waals surface area contributed by atoms with Gasteiger partial charge in [-0.3, -0.25) is 0 Å². The smallest absolute Gasteiger partial charge is 0.337 e. The van der Waals surface area contributed by atoms with Gasteiger partial charge in [-0.15, -0.1) is 0 Å². The third-order valence-corrected chi connectivity index (χ3v) is 4.40. The van der Waals surface area contributed by atoms with Gasteiger partial charge in [0.15, 0.2) is 0 Å². The number of aromatic carboxylic acids is 1. The Hall–Kier alpha value is -1.88. The number of benzene rings is 1. The maximum atomic E-state index is 11.4. The summed E-state index contributed by atoms with van der Waals surface area (Å²) in [6.07, 6.45) is 4.14. The van der Waals surface area contributed by atoms with E-state index in [0.29, 0.717) is 17.7 Å². The Kier molecular flexibility index (Phi) is 3.68. The lowest BCUT2D eigenvalue weighted by atomic mass is 10.1. The predicted molar refractivity (Wildman–Crippen MR) is 79.8 cm³/mol. The van der Waals surface area contributed by atoms with Crippen LogP contribution in [0.5, 0.6) is 0 Å². The number of carboxylic acid groups (broad SMARTS) is 1. The fraction of sp³-hybridized carbons (Fsp3) is 0.500. The van der Waals surface area contributed by atoms with Crippen LogP contribution in [0, 0.1) is 0 Å². The molecular weight excluding hydrogens is 268 g/mol. The number of aromatic nitrogens is 2. The Bertz CT molecular complexity index is 677. The third kappa shape index (κ3) is 2.31. The number of fused-ring (bicyclic) bond motifs is 1. The van der Waals surface area contributed by atoms with Gasteiger partial charge in [-0.25, -0.2) is 9.78 Å². The van der Waals surface area contributed by atoms with Crippen molar-refractivity contribution in [3.8, 4) is 0 Å². The van der Waals surface area contributed by atoms with Crippen LogP contribution in [-0.2, 0) is 11.2 Å². The predicted octanol–water partition coefficient (Wildman–Crippen LogP) is 3.04. The molecule has 0 radical (unpaired) electrons. The molecule has 0 amide bonds. The molecule has 0 saturated heterocycles. The molecular formula is C16H20N2O3. The molecule has 5 heteroatoms. The highest BCUT2D eigenvalue weighted by atomic mass is 16.5. The molecule has 0 bridgehead atoms. The number of para-hydroxylation sites is 1. The van der Waals surface area contributed by atoms with E-state index < -0.39 is 5.97 Å². The second-order valence-electron chi connectivity index (χ2n) is 5.55. The Morgan fingerprint density at radius 3 is 2.90 bits per heavy atom. The number of nitrogens with zero attached hydrogens (tertiary/aromatic N) is 2. The number of ether oxygens (including phenoxy) is 1. The van der Waals surface area contributed by atoms with Crippen LogP contribution in [0.3, 0.4) is 0 Å². The van der Waals surface area contributed by atoms with Crippen LogP contribution in [-0.4, -0.2) is 33.8 Å². The summed E-state index contributed by atoms with van der Waals surface area (Å²) in [6, 6.07) is 5.73. The third-order valence-electron chi connectivity index (χ3n) is 4.40. The highest BCUT2D eigenvalue weighted by Crippen LogP contribution is 2.35. The maximum absolute atomic E-state index is 11.4. The number of aryl methyl sites for hydroxylation is 1. The lowest BCUT2D eigenvalue weighted by Gasteiger charge is -2.16. The number of carbonyl (C=O) groups is 1. The second-order valence-corrected chi connectivity index (χ2v) is 5.55. The standard InChI is InChI=1S/C16H20N2O3/c1-3-14-17-15-12(16(19)20)5-4-6-13(15)18(14)10-7-8-11(9-10)21-2/h4-6,10-11H,3,7-9H2,1-2H3,(H,19,20). The SMILES string of the molecule is CCc1nc2c(C(=O)O)cccc2n1C1CCC(OC)C1. The first kappa shape index (κ1) is 14.1. The highest BCUT2D eigenvalue weighted by Gasteiger charge is 2.29. The van der Waals surface area contributed by atoms with Crippen LogP contribution in [0.2, 0.25) is 0 Å². The van der Waals surface area contributed by atoms with Gasteiger partial charge in [0.05, 0.1) is 17.2 Å². The van der Waals surface area contributed by atoms with E-state index in [9.17, 15) is 9.90 Å². The first-order chi connectivity index (χ1) is 10.2. The summed E-state index contributed by atoms with van der Waals surface area (Å²) in [5.74, 6) is 0.0366. The minimum Gasteiger partial charge on any atom is -0.478 e. The number of imidazole rings is 1. The molecule has 2 aromatic rings. The Balaban J connectivity index is 2.13. The summed E-state index contributed by atoms with van der Waals surface area (Å²) in [5, 5.41) is 9.33. The number of hydrogen-bond donors (Lipinski definition) is 1. The highest BCUT2D eigenvalue weighted by molar-refractivity contribution is 6.01. The van der Waals surface area contributed by atoms with Crippen molar-refractivity contribution in [3.63, 3.8) is 0 Å². The van der Waals surface area contributed by atoms with E-state index in [0.717, 1.165) is 37.0 Å². The van der Waals surface area contributed by atoms with Crippen molar-refractivity contribution in [2.75, 3.05) is 7.11 Å². The van der Waals surface area contributed by atoms with Crippen LogP contribution in [0.4, 0.5) is 0 Å². The van der Waals surface area contributed by atoms with Gasteiger partial charge in [0.1, 0.15) is 11.3 Å². The zero-order chi connectivity index (χ0) is 15.0. The normalized spacial score (nSPS) is 22.0. The van der Waals surface area contributed by atoms with Crippen LogP contribution in [0.1, 0.15) is 48.4 Å². The number of carboxylic acids is 1. The topological polar surface area (TPSA) is 64.3 Å². The van der Waals surface area contributed by atoms with Gasteiger partial charge in [0, 0.05) is 19.6 Å². The van der Waals surface area contributed by atoms with E-state index in [4.69, 9.17) is 4.74 Å². The van der Waals surface area contributed by atoms with Gasteiger partial charge >= 0.3 is 5.97 Å². The average Bonchev–Trinajstić information content (AvgIpc) is 3.09. The van der Waals surface area contributed by atoms with Crippen molar-refractivity contribution in [1.82, 2.24) is 9.55 Å². The van der Waals surface area contributed by atoms with Crippen molar-refractivity contribution >= 4 is 17.0 Å². The molecule has 112 valence electrons. The second kappa shape index (κ2) is 5.48. The van der Waals surface area contributed by atoms with E-state index in [2.05, 4.69) is 16.5 Å². The Labute approximate surface area is 123 Å². The lowest BCUT2D eigenvalue weighted by molar-refractivity contribution is 0.0699. The van der Waals surface area contributed by atoms with Crippen LogP contribution in [0.15, 0.2) is 18.2 Å². The summed E-state index contributed by atoms with van der Waals surface area (Å²) in [4.78, 5) is 16.0. The van der Waals surface area contributed by atoms with Crippen LogP contribution >= 0.6 is 0 Å². The fourth-order valence-corrected chi connectivity index (χ4v) is 3.36. The molecule has 0 aliphatic heterocycles. The molecule has 1 aliphatic rings. The number of methoxy groups -OCH3 is 1. The summed E-state index contributed by atoms with van der Waals surface area (Å²) >= 11 is 0. The summed E-state index contributed by atoms with van der Waals surface area (Å²) in [7, 11) is 1.75. The van der Waals surface area contributed by atoms with Gasteiger partial charge in [-0.1, -0.05) is 13.0 Å². The van der Waals surface area contributed by atoms with Gasteiger partial charge in [-0.05, 0) is 31.4 Å². The van der Waals surface area contributed by atoms with E-state index in [-0.39, 0.29) is 5.56 Å². The van der Waals surface area contributed by atoms with E-state index >= 15 is 0 Å². The average molecular weight is 288 g/mol. The number of hydrogen-bond acceptors (Lipinski definition) is 3. The van der Waals surface area contributed by atoms with Gasteiger partial charge in [0.2, 0.25) is 0 Å². The molecule has 1 fully saturated rings. The van der Waals surface area contributed by atoms with Gasteiger partial charge in [0.25, 0.3) is 0 Å². The monoisotopic (exact) mass is 288 g/mol. The lowest BCUT2D eigenvalue weighted by Crippen LogP contribution is -2.11. The summed E-state index contributed by atoms with van der Waals surface area (Å²) in [6.45, 7) is 2.06. The van der Waals surface area contributed by atoms with Crippen molar-refractivity contribution in [2.24, 2.45) is 0 Å². The zero-order valence-electron chi connectivity index (χ0n) is 12.4. The molecule has 0 spiro atoms. The van der Waals surface area contributed by atoms with Gasteiger partial charge in [-0.2, -0.15) is 0 Å². The van der Waals surface area contributed by atoms with Crippen molar-refractivity contribution in [3.05, 3.63) is 29.6 Å². The Morgan fingerprint density at radius 2 is 2.29 bits per heavy atom. The Morgan fingerprint density at radius 1 is 1.48 bits per heavy atom. The summed E-state index contributed by atoms with van der Waals surface area (Å²) < 4.78 is 7.68. The van der Waals surface area contributed by atoms with Crippen LogP contribution in [0.25, 0.3) is 11.0 Å². The van der Waals surface area contributed by atoms with Crippen molar-refractivity contribution in [1.29, 1.82) is 0 Å². The molecule has 3 rings (SSSR count). The molecule has 1 saturated carbocycles. The summed E-state index contributed by atoms with van der Waals surface area (Å²) in [5.41, 5.74) is 1.80. The molecule has 5 nitrogen and oxygen atoms in total. The van der Waals surface area contributed by atoms with E-state index in [1.807, 2.05) is 6.07 Å². The molecule has 1 aromatic carbocycles. The maximum Gasteiger partial charge on any atom is 0.337 e. The minimum atomic E-state index is -0.922. The first-order valence-corrected chi connectivity index (χ1v) is 7.41. The molecule has 21 heavy (non-hydrogen) atoms. The van der Waals surface area contributed by atoms with E-state index in [1.54, 1.807) is 19.2 Å². The van der Waals surface area contributed by atoms with Crippen molar-refractivity contribution in [2.45, 2.75) is 44.8 Å². The quantitative estimate of drug-likeness (QED) is 0.939. The van der Waals surface area contributed by atoms with E-state index in [1.165, 1.54) is 0 Å². The molecule has 2 atom stereocenters. The first-order valence-electron chi connectivity index (χ1n) is 7.41. The number of rotatable bonds is 4. The molecule has 1 aliphatic carbocycles. The molecule has 1 aromatic heterocycles. The largest absolute Gasteiger partial charge is 0.478 e. The zero-order valence-corrected chi connectivity index (χ0v) is 12.4. The van der Waals surface area contributed by atoms with Crippen molar-refractivity contribution < 1.29 is 14.6 Å². The van der Waals surface area contributed by atoms with Crippen LogP contribution < -0.4 is 0 Å². The molecule has 1 heterocycles. The molecule has 2 unspecified atom stereocenters. The van der Waals surface area contributed by atoms with Gasteiger partial charge < -0.3 is 14.4 Å². The fourth-order valence-electron chi connectivity index (χ4n) is 3.36. The molecule has 1 N–H and O–H groups in total.